The lowest BCUT2D eigenvalue weighted by Gasteiger charge is -2.11. The second kappa shape index (κ2) is 5.29. The van der Waals surface area contributed by atoms with Crippen molar-refractivity contribution in [2.24, 2.45) is 0 Å². The first-order valence-corrected chi connectivity index (χ1v) is 7.74. The lowest BCUT2D eigenvalue weighted by Crippen LogP contribution is -2.33. The van der Waals surface area contributed by atoms with E-state index in [-0.39, 0.29) is 5.91 Å². The number of hydrogen-bond acceptors (Lipinski definition) is 3. The maximum atomic E-state index is 12.2. The van der Waals surface area contributed by atoms with Gasteiger partial charge in [-0.1, -0.05) is 18.9 Å². The van der Waals surface area contributed by atoms with Crippen LogP contribution in [0.5, 0.6) is 0 Å². The normalized spacial score (nSPS) is 19.4. The van der Waals surface area contributed by atoms with Crippen molar-refractivity contribution in [3.63, 3.8) is 0 Å². The predicted octanol–water partition coefficient (Wildman–Crippen LogP) is 3.22. The van der Waals surface area contributed by atoms with Gasteiger partial charge in [0.25, 0.3) is 0 Å². The molecule has 1 aromatic heterocycles. The Morgan fingerprint density at radius 1 is 1.42 bits per heavy atom. The first kappa shape index (κ1) is 12.6. The van der Waals surface area contributed by atoms with Crippen LogP contribution in [-0.2, 0) is 4.79 Å². The zero-order valence-corrected chi connectivity index (χ0v) is 11.9. The molecule has 0 spiro atoms. The van der Waals surface area contributed by atoms with E-state index in [0.717, 1.165) is 41.1 Å². The molecule has 2 aliphatic carbocycles. The van der Waals surface area contributed by atoms with Crippen molar-refractivity contribution in [1.29, 1.82) is 0 Å². The average Bonchev–Trinajstić information content (AvgIpc) is 3.07. The molecule has 0 bridgehead atoms. The average molecular weight is 274 g/mol. The molecule has 3 rings (SSSR count). The predicted molar refractivity (Wildman–Crippen MR) is 77.9 cm³/mol. The van der Waals surface area contributed by atoms with Gasteiger partial charge >= 0.3 is 0 Å². The molecule has 3 nitrogen and oxygen atoms in total. The molecule has 0 saturated heterocycles. The fraction of sp³-hybridized carbons (Fsp3) is 0.467. The summed E-state index contributed by atoms with van der Waals surface area (Å²) < 4.78 is 0. The van der Waals surface area contributed by atoms with Gasteiger partial charge in [0, 0.05) is 17.0 Å². The minimum Gasteiger partial charge on any atom is -0.350 e. The van der Waals surface area contributed by atoms with E-state index < -0.39 is 0 Å². The van der Waals surface area contributed by atoms with Gasteiger partial charge in [-0.25, -0.2) is 4.98 Å². The molecule has 0 aromatic carbocycles. The van der Waals surface area contributed by atoms with Crippen LogP contribution in [-0.4, -0.2) is 16.9 Å². The Morgan fingerprint density at radius 3 is 2.89 bits per heavy atom. The van der Waals surface area contributed by atoms with E-state index in [2.05, 4.69) is 21.8 Å². The summed E-state index contributed by atoms with van der Waals surface area (Å²) in [6.45, 7) is 2.00. The third kappa shape index (κ3) is 2.78. The Balaban J connectivity index is 1.65. The maximum absolute atomic E-state index is 12.2. The van der Waals surface area contributed by atoms with E-state index in [1.807, 2.05) is 13.0 Å². The molecule has 4 heteroatoms. The molecule has 0 unspecified atom stereocenters. The first-order chi connectivity index (χ1) is 9.22. The second-order valence-corrected chi connectivity index (χ2v) is 6.30. The Kier molecular flexibility index (Phi) is 3.51. The van der Waals surface area contributed by atoms with Crippen molar-refractivity contribution < 1.29 is 4.79 Å². The molecule has 1 aromatic rings. The summed E-state index contributed by atoms with van der Waals surface area (Å²) in [6, 6.07) is 0.388. The Labute approximate surface area is 117 Å². The highest BCUT2D eigenvalue weighted by atomic mass is 32.1. The Morgan fingerprint density at radius 2 is 2.21 bits per heavy atom. The topological polar surface area (TPSA) is 42.0 Å². The number of aryl methyl sites for hydroxylation is 1. The van der Waals surface area contributed by atoms with Crippen molar-refractivity contribution in [3.05, 3.63) is 33.8 Å². The molecule has 19 heavy (non-hydrogen) atoms. The summed E-state index contributed by atoms with van der Waals surface area (Å²) in [7, 11) is 0. The largest absolute Gasteiger partial charge is 0.350 e. The Bertz CT molecular complexity index is 550. The van der Waals surface area contributed by atoms with Crippen LogP contribution in [0.4, 0.5) is 0 Å². The third-order valence-electron chi connectivity index (χ3n) is 3.77. The van der Waals surface area contributed by atoms with E-state index in [4.69, 9.17) is 0 Å². The highest BCUT2D eigenvalue weighted by molar-refractivity contribution is 7.09. The molecule has 1 fully saturated rings. The lowest BCUT2D eigenvalue weighted by molar-refractivity contribution is -0.118. The number of rotatable bonds is 3. The number of carbonyl (C=O) groups excluding carboxylic acids is 1. The van der Waals surface area contributed by atoms with Gasteiger partial charge in [0.1, 0.15) is 0 Å². The summed E-state index contributed by atoms with van der Waals surface area (Å²) in [5, 5.41) is 6.25. The zero-order chi connectivity index (χ0) is 13.2. The van der Waals surface area contributed by atoms with Crippen molar-refractivity contribution in [3.8, 4) is 0 Å². The van der Waals surface area contributed by atoms with E-state index >= 15 is 0 Å². The zero-order valence-electron chi connectivity index (χ0n) is 11.1. The van der Waals surface area contributed by atoms with Crippen LogP contribution in [0, 0.1) is 6.92 Å². The number of nitrogens with zero attached hydrogens (tertiary/aromatic N) is 1. The summed E-state index contributed by atoms with van der Waals surface area (Å²) in [5.41, 5.74) is 2.94. The summed E-state index contributed by atoms with van der Waals surface area (Å²) >= 11 is 1.65. The van der Waals surface area contributed by atoms with Gasteiger partial charge in [0.05, 0.1) is 10.7 Å². The molecule has 1 N–H and O–H groups in total. The number of thiazole rings is 1. The van der Waals surface area contributed by atoms with Crippen LogP contribution in [0.15, 0.2) is 23.1 Å². The van der Waals surface area contributed by atoms with Crippen LogP contribution >= 0.6 is 11.3 Å². The second-order valence-electron chi connectivity index (χ2n) is 5.24. The molecule has 2 aliphatic rings. The molecule has 0 radical (unpaired) electrons. The van der Waals surface area contributed by atoms with Crippen LogP contribution in [0.2, 0.25) is 0 Å². The van der Waals surface area contributed by atoms with Gasteiger partial charge in [-0.05, 0) is 37.8 Å². The van der Waals surface area contributed by atoms with Gasteiger partial charge in [0.15, 0.2) is 0 Å². The van der Waals surface area contributed by atoms with Gasteiger partial charge < -0.3 is 5.32 Å². The molecule has 1 amide bonds. The van der Waals surface area contributed by atoms with Gasteiger partial charge in [-0.2, -0.15) is 0 Å². The molecule has 1 saturated carbocycles. The minimum atomic E-state index is 0.102. The fourth-order valence-electron chi connectivity index (χ4n) is 2.71. The van der Waals surface area contributed by atoms with Crippen LogP contribution < -0.4 is 5.32 Å². The number of hydrogen-bond donors (Lipinski definition) is 1. The van der Waals surface area contributed by atoms with Crippen molar-refractivity contribution >= 4 is 22.8 Å². The van der Waals surface area contributed by atoms with Crippen LogP contribution in [0.25, 0.3) is 5.57 Å². The van der Waals surface area contributed by atoms with Crippen LogP contribution in [0.1, 0.15) is 42.8 Å². The van der Waals surface area contributed by atoms with Gasteiger partial charge in [0.2, 0.25) is 5.91 Å². The summed E-state index contributed by atoms with van der Waals surface area (Å²) in [6.07, 6.45) is 9.55. The van der Waals surface area contributed by atoms with E-state index in [1.54, 1.807) is 11.3 Å². The fourth-order valence-corrected chi connectivity index (χ4v) is 3.33. The van der Waals surface area contributed by atoms with E-state index in [1.165, 1.54) is 12.8 Å². The smallest absolute Gasteiger partial charge is 0.247 e. The summed E-state index contributed by atoms with van der Waals surface area (Å²) in [5.74, 6) is 0.102. The van der Waals surface area contributed by atoms with Crippen molar-refractivity contribution in [1.82, 2.24) is 10.3 Å². The first-order valence-electron chi connectivity index (χ1n) is 6.86. The number of carbonyl (C=O) groups is 1. The van der Waals surface area contributed by atoms with Crippen molar-refractivity contribution in [2.75, 3.05) is 0 Å². The highest BCUT2D eigenvalue weighted by Gasteiger charge is 2.21. The third-order valence-corrected chi connectivity index (χ3v) is 4.54. The molecular weight excluding hydrogens is 256 g/mol. The SMILES string of the molecule is Cc1nc(C2=CCC(C(=O)NC3CCCC3)=C2)cs1. The standard InChI is InChI=1S/C15H18N2OS/c1-10-16-14(9-19-10)11-6-7-12(8-11)15(18)17-13-4-2-3-5-13/h6,8-9,13H,2-5,7H2,1H3,(H,17,18). The van der Waals surface area contributed by atoms with E-state index in [9.17, 15) is 4.79 Å². The monoisotopic (exact) mass is 274 g/mol. The van der Waals surface area contributed by atoms with Crippen molar-refractivity contribution in [2.45, 2.75) is 45.1 Å². The molecule has 0 aliphatic heterocycles. The lowest BCUT2D eigenvalue weighted by atomic mass is 10.2. The van der Waals surface area contributed by atoms with Gasteiger partial charge in [-0.15, -0.1) is 11.3 Å². The number of allylic oxidation sites excluding steroid dienone is 3. The molecular formula is C15H18N2OS. The summed E-state index contributed by atoms with van der Waals surface area (Å²) in [4.78, 5) is 16.6. The molecule has 0 atom stereocenters. The quantitative estimate of drug-likeness (QED) is 0.919. The molecule has 100 valence electrons. The number of aromatic nitrogens is 1. The number of amides is 1. The van der Waals surface area contributed by atoms with Crippen LogP contribution in [0.3, 0.4) is 0 Å². The maximum Gasteiger partial charge on any atom is 0.247 e. The Hall–Kier alpha value is -1.42. The molecule has 1 heterocycles. The van der Waals surface area contributed by atoms with E-state index in [0.29, 0.717) is 6.04 Å². The number of nitrogens with one attached hydrogen (secondary N) is 1. The minimum absolute atomic E-state index is 0.102. The van der Waals surface area contributed by atoms with Gasteiger partial charge in [-0.3, -0.25) is 4.79 Å². The highest BCUT2D eigenvalue weighted by Crippen LogP contribution is 2.27.